The van der Waals surface area contributed by atoms with Crippen LogP contribution < -0.4 is 10.6 Å². The molecule has 9 nitrogen and oxygen atoms in total. The second kappa shape index (κ2) is 10.3. The molecule has 1 unspecified atom stereocenters. The molecule has 3 N–H and O–H groups in total. The van der Waals surface area contributed by atoms with Gasteiger partial charge in [0.1, 0.15) is 16.7 Å². The summed E-state index contributed by atoms with van der Waals surface area (Å²) in [7, 11) is 0. The van der Waals surface area contributed by atoms with Crippen molar-refractivity contribution in [2.45, 2.75) is 19.0 Å². The largest absolute Gasteiger partial charge is 0.361 e. The molecule has 5 heterocycles. The van der Waals surface area contributed by atoms with Crippen LogP contribution in [0.15, 0.2) is 78.6 Å². The zero-order chi connectivity index (χ0) is 26.9. The fraction of sp³-hybridized carbons (Fsp3) is 0.107. The van der Waals surface area contributed by atoms with Crippen molar-refractivity contribution in [3.05, 3.63) is 105 Å². The Bertz CT molecular complexity index is 1720. The molecule has 0 saturated carbocycles. The predicted octanol–water partition coefficient (Wildman–Crippen LogP) is 5.13. The Morgan fingerprint density at radius 1 is 1.10 bits per heavy atom. The standard InChI is InChI=1S/C28H21ClN6O3S/c29-20-11-16(4-5-19(20)26(36)34-24-13-22-17(14-32-24)6-9-31-22)15-35-23(12-18-3-1-2-8-30-18)27(37)33-21-7-10-39-25(21)28(35)38/h1-11,13-14,23,31H,12,15H2,(H,33,37)(H,32,34,36). The highest BCUT2D eigenvalue weighted by Crippen LogP contribution is 2.31. The van der Waals surface area contributed by atoms with Crippen molar-refractivity contribution in [2.24, 2.45) is 0 Å². The van der Waals surface area contributed by atoms with Gasteiger partial charge in [-0.3, -0.25) is 19.4 Å². The minimum atomic E-state index is -0.789. The summed E-state index contributed by atoms with van der Waals surface area (Å²) in [6, 6.07) is 15.0. The van der Waals surface area contributed by atoms with Gasteiger partial charge in [-0.25, -0.2) is 4.98 Å². The molecule has 1 atom stereocenters. The third kappa shape index (κ3) is 4.99. The van der Waals surface area contributed by atoms with Crippen LogP contribution in [0.5, 0.6) is 0 Å². The van der Waals surface area contributed by atoms with E-state index in [0.29, 0.717) is 27.6 Å². The van der Waals surface area contributed by atoms with E-state index in [1.807, 2.05) is 18.2 Å². The molecule has 5 aromatic rings. The van der Waals surface area contributed by atoms with Crippen molar-refractivity contribution in [3.63, 3.8) is 0 Å². The molecule has 6 rings (SSSR count). The molecular weight excluding hydrogens is 536 g/mol. The Kier molecular flexibility index (Phi) is 6.55. The molecule has 0 aliphatic carbocycles. The summed E-state index contributed by atoms with van der Waals surface area (Å²) < 4.78 is 0. The van der Waals surface area contributed by atoms with E-state index in [-0.39, 0.29) is 35.4 Å². The lowest BCUT2D eigenvalue weighted by Crippen LogP contribution is -2.46. The number of nitrogens with zero attached hydrogens (tertiary/aromatic N) is 3. The first-order valence-corrected chi connectivity index (χ1v) is 13.3. The molecule has 4 aromatic heterocycles. The summed E-state index contributed by atoms with van der Waals surface area (Å²) in [5, 5.41) is 8.57. The number of nitrogens with one attached hydrogen (secondary N) is 3. The SMILES string of the molecule is O=C(Nc1cc2[nH]ccc2cn1)c1ccc(CN2C(=O)c3sccc3NC(=O)C2Cc2ccccn2)cc1Cl. The Labute approximate surface area is 231 Å². The summed E-state index contributed by atoms with van der Waals surface area (Å²) in [5.41, 5.74) is 2.98. The normalized spacial score (nSPS) is 15.1. The molecule has 0 fully saturated rings. The van der Waals surface area contributed by atoms with Crippen LogP contribution in [0.4, 0.5) is 11.5 Å². The molecular formula is C28H21ClN6O3S. The van der Waals surface area contributed by atoms with Crippen molar-refractivity contribution in [1.29, 1.82) is 0 Å². The number of halogens is 1. The Morgan fingerprint density at radius 2 is 2.00 bits per heavy atom. The number of carbonyl (C=O) groups is 3. The van der Waals surface area contributed by atoms with E-state index in [2.05, 4.69) is 25.6 Å². The maximum atomic E-state index is 13.6. The number of thiophene rings is 1. The van der Waals surface area contributed by atoms with Crippen LogP contribution in [0.2, 0.25) is 5.02 Å². The number of rotatable bonds is 6. The van der Waals surface area contributed by atoms with Gasteiger partial charge in [-0.2, -0.15) is 0 Å². The quantitative estimate of drug-likeness (QED) is 0.268. The summed E-state index contributed by atoms with van der Waals surface area (Å²) >= 11 is 7.81. The second-order valence-corrected chi connectivity index (χ2v) is 10.4. The summed E-state index contributed by atoms with van der Waals surface area (Å²) in [5.74, 6) is -0.574. The molecule has 1 aliphatic heterocycles. The summed E-state index contributed by atoms with van der Waals surface area (Å²) in [6.45, 7) is 0.119. The Hall–Kier alpha value is -4.54. The van der Waals surface area contributed by atoms with Crippen molar-refractivity contribution in [2.75, 3.05) is 10.6 Å². The number of pyridine rings is 2. The van der Waals surface area contributed by atoms with Gasteiger partial charge >= 0.3 is 0 Å². The first-order valence-electron chi connectivity index (χ1n) is 12.1. The minimum absolute atomic E-state index is 0.119. The van der Waals surface area contributed by atoms with E-state index in [1.165, 1.54) is 16.2 Å². The van der Waals surface area contributed by atoms with Crippen molar-refractivity contribution < 1.29 is 14.4 Å². The van der Waals surface area contributed by atoms with Gasteiger partial charge in [-0.15, -0.1) is 11.3 Å². The number of hydrogen-bond acceptors (Lipinski definition) is 6. The number of carbonyl (C=O) groups excluding carboxylic acids is 3. The highest BCUT2D eigenvalue weighted by atomic mass is 35.5. The van der Waals surface area contributed by atoms with Crippen molar-refractivity contribution >= 4 is 63.1 Å². The highest BCUT2D eigenvalue weighted by Gasteiger charge is 2.36. The lowest BCUT2D eigenvalue weighted by molar-refractivity contribution is -0.120. The zero-order valence-corrected chi connectivity index (χ0v) is 21.9. The number of amides is 3. The molecule has 0 bridgehead atoms. The molecule has 0 saturated heterocycles. The molecule has 39 heavy (non-hydrogen) atoms. The van der Waals surface area contributed by atoms with Crippen molar-refractivity contribution in [3.8, 4) is 0 Å². The lowest BCUT2D eigenvalue weighted by atomic mass is 10.1. The number of benzene rings is 1. The number of aromatic amines is 1. The van der Waals surface area contributed by atoms with Crippen LogP contribution >= 0.6 is 22.9 Å². The van der Waals surface area contributed by atoms with Crippen LogP contribution in [0.25, 0.3) is 10.9 Å². The molecule has 1 aliphatic rings. The smallest absolute Gasteiger partial charge is 0.267 e. The van der Waals surface area contributed by atoms with Crippen LogP contribution in [0, 0.1) is 0 Å². The van der Waals surface area contributed by atoms with E-state index in [1.54, 1.807) is 60.4 Å². The van der Waals surface area contributed by atoms with Gasteiger partial charge in [0.05, 0.1) is 21.8 Å². The second-order valence-electron chi connectivity index (χ2n) is 9.03. The van der Waals surface area contributed by atoms with Crippen molar-refractivity contribution in [1.82, 2.24) is 19.9 Å². The molecule has 0 spiro atoms. The van der Waals surface area contributed by atoms with Gasteiger partial charge < -0.3 is 20.5 Å². The monoisotopic (exact) mass is 556 g/mol. The van der Waals surface area contributed by atoms with E-state index in [9.17, 15) is 14.4 Å². The molecule has 0 radical (unpaired) electrons. The Balaban J connectivity index is 1.26. The third-order valence-electron chi connectivity index (χ3n) is 6.49. The fourth-order valence-corrected chi connectivity index (χ4v) is 5.63. The minimum Gasteiger partial charge on any atom is -0.361 e. The van der Waals surface area contributed by atoms with E-state index in [0.717, 1.165) is 10.9 Å². The molecule has 1 aromatic carbocycles. The topological polar surface area (TPSA) is 120 Å². The molecule has 11 heteroatoms. The van der Waals surface area contributed by atoms with Crippen LogP contribution in [-0.2, 0) is 17.8 Å². The molecule has 194 valence electrons. The highest BCUT2D eigenvalue weighted by molar-refractivity contribution is 7.12. The first-order chi connectivity index (χ1) is 19.0. The number of H-pyrrole nitrogens is 1. The van der Waals surface area contributed by atoms with E-state index in [4.69, 9.17) is 11.6 Å². The fourth-order valence-electron chi connectivity index (χ4n) is 4.54. The summed E-state index contributed by atoms with van der Waals surface area (Å²) in [6.07, 6.45) is 5.37. The van der Waals surface area contributed by atoms with Gasteiger partial charge in [0.25, 0.3) is 11.8 Å². The third-order valence-corrected chi connectivity index (χ3v) is 7.71. The van der Waals surface area contributed by atoms with Gasteiger partial charge in [-0.05, 0) is 47.3 Å². The number of hydrogen-bond donors (Lipinski definition) is 3. The van der Waals surface area contributed by atoms with Gasteiger partial charge in [0.15, 0.2) is 0 Å². The Morgan fingerprint density at radius 3 is 2.82 bits per heavy atom. The zero-order valence-electron chi connectivity index (χ0n) is 20.3. The summed E-state index contributed by atoms with van der Waals surface area (Å²) in [4.78, 5) is 53.5. The first kappa shape index (κ1) is 24.8. The lowest BCUT2D eigenvalue weighted by Gasteiger charge is -2.28. The maximum absolute atomic E-state index is 13.6. The average molecular weight is 557 g/mol. The van der Waals surface area contributed by atoms with Crippen LogP contribution in [-0.4, -0.2) is 43.6 Å². The average Bonchev–Trinajstić information content (AvgIpc) is 3.58. The van der Waals surface area contributed by atoms with Gasteiger partial charge in [-0.1, -0.05) is 23.7 Å². The number of fused-ring (bicyclic) bond motifs is 2. The predicted molar refractivity (Wildman–Crippen MR) is 150 cm³/mol. The molecule has 3 amide bonds. The number of anilines is 2. The van der Waals surface area contributed by atoms with Crippen LogP contribution in [0.1, 0.15) is 31.3 Å². The maximum Gasteiger partial charge on any atom is 0.267 e. The van der Waals surface area contributed by atoms with E-state index >= 15 is 0 Å². The van der Waals surface area contributed by atoms with Gasteiger partial charge in [0, 0.05) is 48.7 Å². The number of aromatic nitrogens is 3. The van der Waals surface area contributed by atoms with Gasteiger partial charge in [0.2, 0.25) is 5.91 Å². The van der Waals surface area contributed by atoms with Crippen LogP contribution in [0.3, 0.4) is 0 Å². The van der Waals surface area contributed by atoms with E-state index < -0.39 is 11.9 Å².